The molecular formula is C21H26N4O4. The molecule has 3 amide bonds. The van der Waals surface area contributed by atoms with Gasteiger partial charge in [-0.1, -0.05) is 30.3 Å². The van der Waals surface area contributed by atoms with E-state index in [1.54, 1.807) is 18.2 Å². The van der Waals surface area contributed by atoms with Crippen LogP contribution in [0, 0.1) is 0 Å². The fourth-order valence-electron chi connectivity index (χ4n) is 3.04. The highest BCUT2D eigenvalue weighted by Crippen LogP contribution is 2.32. The molecule has 29 heavy (non-hydrogen) atoms. The fourth-order valence-corrected chi connectivity index (χ4v) is 3.04. The van der Waals surface area contributed by atoms with Crippen LogP contribution in [0.15, 0.2) is 48.5 Å². The van der Waals surface area contributed by atoms with E-state index in [1.807, 2.05) is 35.2 Å². The molecule has 8 nitrogen and oxygen atoms in total. The first-order valence-electron chi connectivity index (χ1n) is 9.61. The van der Waals surface area contributed by atoms with Gasteiger partial charge in [-0.05, 0) is 24.1 Å². The minimum Gasteiger partial charge on any atom is -0.486 e. The maximum atomic E-state index is 12.3. The number of fused-ring (bicyclic) bond motifs is 1. The van der Waals surface area contributed by atoms with Gasteiger partial charge in [0.05, 0.1) is 6.54 Å². The average Bonchev–Trinajstić information content (AvgIpc) is 2.72. The second kappa shape index (κ2) is 10.4. The van der Waals surface area contributed by atoms with Gasteiger partial charge in [0.2, 0.25) is 5.91 Å². The van der Waals surface area contributed by atoms with Crippen molar-refractivity contribution in [1.82, 2.24) is 10.2 Å². The Morgan fingerprint density at radius 3 is 2.52 bits per heavy atom. The Morgan fingerprint density at radius 1 is 1.00 bits per heavy atom. The minimum atomic E-state index is -0.595. The van der Waals surface area contributed by atoms with Crippen LogP contribution in [-0.2, 0) is 11.2 Å². The molecule has 4 N–H and O–H groups in total. The van der Waals surface area contributed by atoms with E-state index in [0.717, 1.165) is 6.42 Å². The van der Waals surface area contributed by atoms with Crippen LogP contribution in [0.2, 0.25) is 0 Å². The molecule has 3 rings (SSSR count). The van der Waals surface area contributed by atoms with Crippen LogP contribution >= 0.6 is 0 Å². The van der Waals surface area contributed by atoms with Crippen LogP contribution in [0.5, 0.6) is 11.5 Å². The predicted octanol–water partition coefficient (Wildman–Crippen LogP) is 1.61. The molecule has 1 aliphatic heterocycles. The molecule has 1 aliphatic rings. The molecule has 154 valence electrons. The first kappa shape index (κ1) is 20.6. The number of hydrogen-bond donors (Lipinski definition) is 3. The summed E-state index contributed by atoms with van der Waals surface area (Å²) >= 11 is 0. The van der Waals surface area contributed by atoms with Gasteiger partial charge in [-0.15, -0.1) is 0 Å². The number of anilines is 1. The molecule has 0 fully saturated rings. The van der Waals surface area contributed by atoms with Crippen LogP contribution in [0.3, 0.4) is 0 Å². The first-order valence-corrected chi connectivity index (χ1v) is 9.61. The summed E-state index contributed by atoms with van der Waals surface area (Å²) in [5.74, 6) is 0.811. The number of nitrogens with zero attached hydrogens (tertiary/aromatic N) is 1. The number of nitrogens with two attached hydrogens (primary N) is 1. The van der Waals surface area contributed by atoms with Gasteiger partial charge in [0, 0.05) is 31.4 Å². The molecular weight excluding hydrogens is 372 g/mol. The summed E-state index contributed by atoms with van der Waals surface area (Å²) in [7, 11) is 0. The zero-order valence-electron chi connectivity index (χ0n) is 16.2. The van der Waals surface area contributed by atoms with Crippen molar-refractivity contribution in [2.75, 3.05) is 44.7 Å². The molecule has 8 heteroatoms. The van der Waals surface area contributed by atoms with Crippen LogP contribution in [0.4, 0.5) is 10.5 Å². The lowest BCUT2D eigenvalue weighted by Gasteiger charge is -2.21. The van der Waals surface area contributed by atoms with Gasteiger partial charge in [0.15, 0.2) is 11.5 Å². The Kier molecular flexibility index (Phi) is 7.43. The Hall–Kier alpha value is -3.10. The van der Waals surface area contributed by atoms with Crippen molar-refractivity contribution in [2.45, 2.75) is 6.42 Å². The summed E-state index contributed by atoms with van der Waals surface area (Å²) < 4.78 is 10.9. The smallest absolute Gasteiger partial charge is 0.325 e. The van der Waals surface area contributed by atoms with Crippen LogP contribution < -0.4 is 25.8 Å². The molecule has 0 aromatic heterocycles. The molecule has 0 radical (unpaired) electrons. The molecule has 0 spiro atoms. The molecule has 0 saturated carbocycles. The van der Waals surface area contributed by atoms with E-state index in [9.17, 15) is 9.59 Å². The number of ether oxygens (including phenoxy) is 2. The van der Waals surface area contributed by atoms with E-state index in [4.69, 9.17) is 15.2 Å². The lowest BCUT2D eigenvalue weighted by molar-refractivity contribution is -0.121. The highest BCUT2D eigenvalue weighted by molar-refractivity contribution is 6.01. The highest BCUT2D eigenvalue weighted by Gasteiger charge is 2.15. The molecule has 2 aromatic rings. The van der Waals surface area contributed by atoms with Crippen molar-refractivity contribution in [3.63, 3.8) is 0 Å². The topological polar surface area (TPSA) is 106 Å². The van der Waals surface area contributed by atoms with E-state index in [-0.39, 0.29) is 12.5 Å². The third kappa shape index (κ3) is 6.48. The maximum Gasteiger partial charge on any atom is 0.325 e. The van der Waals surface area contributed by atoms with Gasteiger partial charge < -0.3 is 20.5 Å². The Morgan fingerprint density at radius 2 is 1.76 bits per heavy atom. The number of rotatable bonds is 8. The van der Waals surface area contributed by atoms with Crippen molar-refractivity contribution < 1.29 is 19.1 Å². The van der Waals surface area contributed by atoms with E-state index in [2.05, 4.69) is 10.6 Å². The molecule has 0 unspecified atom stereocenters. The summed E-state index contributed by atoms with van der Waals surface area (Å²) in [6.45, 7) is 2.74. The number of nitrogens with one attached hydrogen (secondary N) is 2. The standard InChI is InChI=1S/C21H26N4O4/c22-9-11-25(10-8-16-4-2-1-3-5-16)15-20(26)24-21(27)23-17-6-7-18-19(14-17)29-13-12-28-18/h1-7,14H,8-13,15,22H2,(H2,23,24,26,27). The van der Waals surface area contributed by atoms with Crippen molar-refractivity contribution in [2.24, 2.45) is 5.73 Å². The minimum absolute atomic E-state index is 0.0958. The Bertz CT molecular complexity index is 829. The van der Waals surface area contributed by atoms with Gasteiger partial charge in [0.1, 0.15) is 13.2 Å². The third-order valence-electron chi connectivity index (χ3n) is 4.43. The lowest BCUT2D eigenvalue weighted by atomic mass is 10.1. The first-order chi connectivity index (χ1) is 14.1. The van der Waals surface area contributed by atoms with E-state index >= 15 is 0 Å². The third-order valence-corrected chi connectivity index (χ3v) is 4.43. The normalized spacial score (nSPS) is 12.5. The second-order valence-corrected chi connectivity index (χ2v) is 6.66. The maximum absolute atomic E-state index is 12.3. The average molecular weight is 398 g/mol. The highest BCUT2D eigenvalue weighted by atomic mass is 16.6. The Labute approximate surface area is 170 Å². The van der Waals surface area contributed by atoms with Gasteiger partial charge >= 0.3 is 6.03 Å². The summed E-state index contributed by atoms with van der Waals surface area (Å²) in [5.41, 5.74) is 7.36. The number of carbonyl (C=O) groups is 2. The predicted molar refractivity (Wildman–Crippen MR) is 110 cm³/mol. The van der Waals surface area contributed by atoms with Crippen molar-refractivity contribution >= 4 is 17.6 Å². The number of urea groups is 1. The van der Waals surface area contributed by atoms with Crippen molar-refractivity contribution in [3.05, 3.63) is 54.1 Å². The SMILES string of the molecule is NCCN(CCc1ccccc1)CC(=O)NC(=O)Nc1ccc2c(c1)OCCO2. The van der Waals surface area contributed by atoms with Gasteiger partial charge in [-0.3, -0.25) is 15.0 Å². The van der Waals surface area contributed by atoms with Crippen molar-refractivity contribution in [3.8, 4) is 11.5 Å². The van der Waals surface area contributed by atoms with E-state index < -0.39 is 6.03 Å². The van der Waals surface area contributed by atoms with Crippen LogP contribution in [0.1, 0.15) is 5.56 Å². The zero-order valence-corrected chi connectivity index (χ0v) is 16.2. The van der Waals surface area contributed by atoms with Gasteiger partial charge in [-0.2, -0.15) is 0 Å². The zero-order chi connectivity index (χ0) is 20.5. The molecule has 2 aromatic carbocycles. The molecule has 0 atom stereocenters. The van der Waals surface area contributed by atoms with Gasteiger partial charge in [-0.25, -0.2) is 4.79 Å². The second-order valence-electron chi connectivity index (χ2n) is 6.66. The molecule has 0 aliphatic carbocycles. The number of imide groups is 1. The van der Waals surface area contributed by atoms with E-state index in [1.165, 1.54) is 5.56 Å². The summed E-state index contributed by atoms with van der Waals surface area (Å²) in [4.78, 5) is 26.4. The molecule has 0 bridgehead atoms. The number of benzene rings is 2. The molecule has 1 heterocycles. The summed E-state index contributed by atoms with van der Waals surface area (Å²) in [6, 6.07) is 14.5. The Balaban J connectivity index is 1.48. The number of carbonyl (C=O) groups excluding carboxylic acids is 2. The van der Waals surface area contributed by atoms with Crippen LogP contribution in [0.25, 0.3) is 0 Å². The lowest BCUT2D eigenvalue weighted by Crippen LogP contribution is -2.43. The molecule has 0 saturated heterocycles. The summed E-state index contributed by atoms with van der Waals surface area (Å²) in [5, 5.41) is 4.99. The van der Waals surface area contributed by atoms with E-state index in [0.29, 0.717) is 50.0 Å². The summed E-state index contributed by atoms with van der Waals surface area (Å²) in [6.07, 6.45) is 0.803. The monoisotopic (exact) mass is 398 g/mol. The number of hydrogen-bond acceptors (Lipinski definition) is 6. The fraction of sp³-hybridized carbons (Fsp3) is 0.333. The van der Waals surface area contributed by atoms with Crippen LogP contribution in [-0.4, -0.2) is 56.2 Å². The largest absolute Gasteiger partial charge is 0.486 e. The van der Waals surface area contributed by atoms with Crippen molar-refractivity contribution in [1.29, 1.82) is 0 Å². The quantitative estimate of drug-likeness (QED) is 0.624. The van der Waals surface area contributed by atoms with Gasteiger partial charge in [0.25, 0.3) is 0 Å². The number of amides is 3.